The molecule has 2 aromatic heterocycles. The predicted molar refractivity (Wildman–Crippen MR) is 75.8 cm³/mol. The summed E-state index contributed by atoms with van der Waals surface area (Å²) in [7, 11) is 0. The van der Waals surface area contributed by atoms with Crippen molar-refractivity contribution in [2.24, 2.45) is 0 Å². The van der Waals surface area contributed by atoms with Gasteiger partial charge in [0.1, 0.15) is 0 Å². The minimum absolute atomic E-state index is 0.0372. The van der Waals surface area contributed by atoms with Crippen LogP contribution in [0.3, 0.4) is 0 Å². The summed E-state index contributed by atoms with van der Waals surface area (Å²) in [4.78, 5) is 24.8. The monoisotopic (exact) mass is 274 g/mol. The third kappa shape index (κ3) is 2.99. The molecular formula is C15H18N2O3. The Bertz CT molecular complexity index is 598. The summed E-state index contributed by atoms with van der Waals surface area (Å²) in [6.07, 6.45) is 3.61. The van der Waals surface area contributed by atoms with Crippen molar-refractivity contribution >= 4 is 17.4 Å². The number of pyridine rings is 1. The maximum absolute atomic E-state index is 12.5. The lowest BCUT2D eigenvalue weighted by Crippen LogP contribution is -2.38. The fraction of sp³-hybridized carbons (Fsp3) is 0.333. The quantitative estimate of drug-likeness (QED) is 0.909. The number of carbonyl (C=O) groups excluding carboxylic acids is 1. The maximum Gasteiger partial charge on any atom is 0.305 e. The Hall–Kier alpha value is -2.30. The number of nitrogens with zero attached hydrogens (tertiary/aromatic N) is 2. The number of hydrogen-bond acceptors (Lipinski definition) is 2. The summed E-state index contributed by atoms with van der Waals surface area (Å²) in [5.74, 6) is -1.03. The van der Waals surface area contributed by atoms with Gasteiger partial charge in [0.25, 0.3) is 5.91 Å². The highest BCUT2D eigenvalue weighted by Crippen LogP contribution is 2.14. The molecule has 0 spiro atoms. The third-order valence-corrected chi connectivity index (χ3v) is 3.20. The van der Waals surface area contributed by atoms with E-state index in [0.29, 0.717) is 5.56 Å². The first-order valence-electron chi connectivity index (χ1n) is 6.58. The van der Waals surface area contributed by atoms with Crippen LogP contribution in [0, 0.1) is 0 Å². The highest BCUT2D eigenvalue weighted by atomic mass is 16.4. The minimum atomic E-state index is -0.898. The zero-order valence-electron chi connectivity index (χ0n) is 11.6. The Labute approximate surface area is 117 Å². The first kappa shape index (κ1) is 14.1. The van der Waals surface area contributed by atoms with E-state index in [1.807, 2.05) is 48.7 Å². The topological polar surface area (TPSA) is 62.0 Å². The molecule has 0 unspecified atom stereocenters. The average molecular weight is 274 g/mol. The van der Waals surface area contributed by atoms with Crippen molar-refractivity contribution in [2.45, 2.75) is 26.3 Å². The van der Waals surface area contributed by atoms with E-state index < -0.39 is 5.97 Å². The molecule has 2 rings (SSSR count). The Morgan fingerprint density at radius 3 is 2.70 bits per heavy atom. The van der Waals surface area contributed by atoms with E-state index in [0.717, 1.165) is 5.52 Å². The molecule has 20 heavy (non-hydrogen) atoms. The third-order valence-electron chi connectivity index (χ3n) is 3.20. The first-order chi connectivity index (χ1) is 9.49. The van der Waals surface area contributed by atoms with Gasteiger partial charge < -0.3 is 14.4 Å². The molecule has 5 heteroatoms. The van der Waals surface area contributed by atoms with Crippen LogP contribution >= 0.6 is 0 Å². The molecule has 0 aliphatic heterocycles. The lowest BCUT2D eigenvalue weighted by Gasteiger charge is -2.25. The zero-order valence-corrected chi connectivity index (χ0v) is 11.6. The molecule has 106 valence electrons. The summed E-state index contributed by atoms with van der Waals surface area (Å²) in [6, 6.07) is 7.51. The molecule has 1 amide bonds. The second kappa shape index (κ2) is 5.77. The molecule has 0 aromatic carbocycles. The molecule has 0 saturated heterocycles. The number of carboxylic acids is 1. The number of hydrogen-bond donors (Lipinski definition) is 1. The van der Waals surface area contributed by atoms with Crippen molar-refractivity contribution in [3.63, 3.8) is 0 Å². The lowest BCUT2D eigenvalue weighted by molar-refractivity contribution is -0.137. The van der Waals surface area contributed by atoms with Crippen molar-refractivity contribution in [2.75, 3.05) is 6.54 Å². The standard InChI is InChI=1S/C15H18N2O3/c1-11(2)17(8-6-14(18)19)15(20)12-9-13-5-3-4-7-16(13)10-12/h3-5,7,9-11H,6,8H2,1-2H3,(H,18,19). The lowest BCUT2D eigenvalue weighted by atomic mass is 10.2. The smallest absolute Gasteiger partial charge is 0.305 e. The van der Waals surface area contributed by atoms with Gasteiger partial charge in [0.15, 0.2) is 0 Å². The van der Waals surface area contributed by atoms with Crippen molar-refractivity contribution in [3.8, 4) is 0 Å². The molecule has 0 aliphatic rings. The highest BCUT2D eigenvalue weighted by Gasteiger charge is 2.20. The second-order valence-electron chi connectivity index (χ2n) is 5.00. The van der Waals surface area contributed by atoms with Crippen LogP contribution in [0.25, 0.3) is 5.52 Å². The number of carbonyl (C=O) groups is 2. The second-order valence-corrected chi connectivity index (χ2v) is 5.00. The van der Waals surface area contributed by atoms with Crippen molar-refractivity contribution in [1.29, 1.82) is 0 Å². The van der Waals surface area contributed by atoms with Crippen LogP contribution in [0.15, 0.2) is 36.7 Å². The number of fused-ring (bicyclic) bond motifs is 1. The zero-order chi connectivity index (χ0) is 14.7. The number of aliphatic carboxylic acids is 1. The molecule has 0 atom stereocenters. The van der Waals surface area contributed by atoms with Crippen LogP contribution in [-0.2, 0) is 4.79 Å². The molecule has 1 N–H and O–H groups in total. The van der Waals surface area contributed by atoms with E-state index in [-0.39, 0.29) is 24.9 Å². The van der Waals surface area contributed by atoms with Crippen molar-refractivity contribution in [3.05, 3.63) is 42.2 Å². The molecule has 0 bridgehead atoms. The summed E-state index contributed by atoms with van der Waals surface area (Å²) in [6.45, 7) is 3.99. The maximum atomic E-state index is 12.5. The van der Waals surface area contributed by atoms with Gasteiger partial charge in [-0.05, 0) is 32.0 Å². The Kier molecular flexibility index (Phi) is 4.08. The largest absolute Gasteiger partial charge is 0.481 e. The van der Waals surface area contributed by atoms with Gasteiger partial charge in [0.05, 0.1) is 12.0 Å². The van der Waals surface area contributed by atoms with Crippen LogP contribution in [0.1, 0.15) is 30.6 Å². The van der Waals surface area contributed by atoms with E-state index in [1.54, 1.807) is 11.1 Å². The number of rotatable bonds is 5. The first-order valence-corrected chi connectivity index (χ1v) is 6.58. The van der Waals surface area contributed by atoms with Crippen LogP contribution in [0.2, 0.25) is 0 Å². The van der Waals surface area contributed by atoms with E-state index in [2.05, 4.69) is 0 Å². The van der Waals surface area contributed by atoms with Gasteiger partial charge >= 0.3 is 5.97 Å². The van der Waals surface area contributed by atoms with Gasteiger partial charge in [-0.1, -0.05) is 6.07 Å². The van der Waals surface area contributed by atoms with E-state index in [1.165, 1.54) is 0 Å². The molecule has 0 fully saturated rings. The minimum Gasteiger partial charge on any atom is -0.481 e. The summed E-state index contributed by atoms with van der Waals surface area (Å²) in [5, 5.41) is 8.77. The normalized spacial score (nSPS) is 10.9. The fourth-order valence-corrected chi connectivity index (χ4v) is 2.15. The number of carboxylic acid groups (broad SMARTS) is 1. The van der Waals surface area contributed by atoms with Crippen LogP contribution in [0.4, 0.5) is 0 Å². The van der Waals surface area contributed by atoms with E-state index in [9.17, 15) is 9.59 Å². The van der Waals surface area contributed by atoms with Crippen LogP contribution < -0.4 is 0 Å². The molecular weight excluding hydrogens is 256 g/mol. The van der Waals surface area contributed by atoms with Gasteiger partial charge in [0, 0.05) is 30.5 Å². The number of aromatic nitrogens is 1. The Balaban J connectivity index is 2.24. The predicted octanol–water partition coefficient (Wildman–Crippen LogP) is 2.26. The molecule has 5 nitrogen and oxygen atoms in total. The van der Waals surface area contributed by atoms with Gasteiger partial charge in [-0.2, -0.15) is 0 Å². The van der Waals surface area contributed by atoms with Gasteiger partial charge in [-0.3, -0.25) is 9.59 Å². The van der Waals surface area contributed by atoms with Crippen molar-refractivity contribution in [1.82, 2.24) is 9.30 Å². The van der Waals surface area contributed by atoms with Gasteiger partial charge in [-0.25, -0.2) is 0 Å². The van der Waals surface area contributed by atoms with Gasteiger partial charge in [0.2, 0.25) is 0 Å². The highest BCUT2D eigenvalue weighted by molar-refractivity contribution is 5.96. The summed E-state index contributed by atoms with van der Waals surface area (Å²) < 4.78 is 1.88. The van der Waals surface area contributed by atoms with Gasteiger partial charge in [-0.15, -0.1) is 0 Å². The molecule has 2 heterocycles. The average Bonchev–Trinajstić information content (AvgIpc) is 2.81. The summed E-state index contributed by atoms with van der Waals surface area (Å²) in [5.41, 5.74) is 1.52. The summed E-state index contributed by atoms with van der Waals surface area (Å²) >= 11 is 0. The molecule has 0 saturated carbocycles. The van der Waals surface area contributed by atoms with E-state index in [4.69, 9.17) is 5.11 Å². The van der Waals surface area contributed by atoms with Crippen LogP contribution in [-0.4, -0.2) is 38.9 Å². The van der Waals surface area contributed by atoms with E-state index >= 15 is 0 Å². The Morgan fingerprint density at radius 2 is 2.10 bits per heavy atom. The molecule has 2 aromatic rings. The fourth-order valence-electron chi connectivity index (χ4n) is 2.15. The van der Waals surface area contributed by atoms with Crippen LogP contribution in [0.5, 0.6) is 0 Å². The Morgan fingerprint density at radius 1 is 1.35 bits per heavy atom. The SMILES string of the molecule is CC(C)N(CCC(=O)O)C(=O)c1cc2ccccn2c1. The van der Waals surface area contributed by atoms with Crippen molar-refractivity contribution < 1.29 is 14.7 Å². The molecule has 0 radical (unpaired) electrons. The molecule has 0 aliphatic carbocycles. The number of amides is 1.